The van der Waals surface area contributed by atoms with E-state index >= 15 is 0 Å². The van der Waals surface area contributed by atoms with E-state index in [0.29, 0.717) is 31.7 Å². The van der Waals surface area contributed by atoms with E-state index in [2.05, 4.69) is 10.6 Å². The van der Waals surface area contributed by atoms with Crippen LogP contribution in [0.2, 0.25) is 0 Å². The first-order valence-electron chi connectivity index (χ1n) is 10.3. The lowest BCUT2D eigenvalue weighted by Crippen LogP contribution is -2.39. The number of imide groups is 1. The van der Waals surface area contributed by atoms with Crippen molar-refractivity contribution in [3.8, 4) is 5.75 Å². The second-order valence-electron chi connectivity index (χ2n) is 8.53. The minimum atomic E-state index is -0.522. The number of benzene rings is 2. The van der Waals surface area contributed by atoms with Crippen LogP contribution in [0.25, 0.3) is 0 Å². The van der Waals surface area contributed by atoms with E-state index in [-0.39, 0.29) is 17.7 Å². The molecule has 0 saturated carbocycles. The predicted octanol–water partition coefficient (Wildman–Crippen LogP) is 3.81. The molecule has 0 bridgehead atoms. The highest BCUT2D eigenvalue weighted by Crippen LogP contribution is 2.26. The molecule has 2 aromatic carbocycles. The largest absolute Gasteiger partial charge is 0.489 e. The Bertz CT molecular complexity index is 930. The molecule has 31 heavy (non-hydrogen) atoms. The molecule has 0 aromatic heterocycles. The number of rotatable bonds is 6. The third kappa shape index (κ3) is 6.84. The fourth-order valence-electron chi connectivity index (χ4n) is 3.22. The minimum absolute atomic E-state index is 0.215. The van der Waals surface area contributed by atoms with Gasteiger partial charge in [0, 0.05) is 13.0 Å². The van der Waals surface area contributed by atoms with Crippen LogP contribution < -0.4 is 15.4 Å². The molecule has 7 nitrogen and oxygen atoms in total. The van der Waals surface area contributed by atoms with E-state index in [1.54, 1.807) is 0 Å². The molecule has 1 atom stereocenters. The van der Waals surface area contributed by atoms with Crippen molar-refractivity contribution < 1.29 is 23.9 Å². The molecule has 0 aliphatic carbocycles. The highest BCUT2D eigenvalue weighted by atomic mass is 16.6. The van der Waals surface area contributed by atoms with Crippen LogP contribution in [-0.4, -0.2) is 23.5 Å². The molecule has 7 heteroatoms. The summed E-state index contributed by atoms with van der Waals surface area (Å²) in [5.41, 5.74) is 2.31. The molecule has 1 aliphatic heterocycles. The number of ether oxygens (including phenoxy) is 2. The second-order valence-corrected chi connectivity index (χ2v) is 8.53. The van der Waals surface area contributed by atoms with Crippen LogP contribution in [0.1, 0.15) is 56.2 Å². The molecule has 164 valence electrons. The predicted molar refractivity (Wildman–Crippen MR) is 115 cm³/mol. The van der Waals surface area contributed by atoms with Crippen LogP contribution in [-0.2, 0) is 27.5 Å². The third-order valence-electron chi connectivity index (χ3n) is 4.79. The molecule has 0 radical (unpaired) electrons. The van der Waals surface area contributed by atoms with E-state index < -0.39 is 11.7 Å². The highest BCUT2D eigenvalue weighted by molar-refractivity contribution is 6.00. The Morgan fingerprint density at radius 2 is 1.68 bits per heavy atom. The van der Waals surface area contributed by atoms with E-state index in [0.717, 1.165) is 16.7 Å². The van der Waals surface area contributed by atoms with Gasteiger partial charge in [-0.25, -0.2) is 4.79 Å². The fraction of sp³-hybridized carbons (Fsp3) is 0.375. The molecule has 1 fully saturated rings. The van der Waals surface area contributed by atoms with Crippen molar-refractivity contribution in [2.24, 2.45) is 0 Å². The zero-order chi connectivity index (χ0) is 22.4. The molecule has 1 unspecified atom stereocenters. The van der Waals surface area contributed by atoms with Gasteiger partial charge in [-0.15, -0.1) is 0 Å². The van der Waals surface area contributed by atoms with Crippen molar-refractivity contribution in [2.45, 2.75) is 58.3 Å². The summed E-state index contributed by atoms with van der Waals surface area (Å²) in [5, 5.41) is 5.11. The van der Waals surface area contributed by atoms with Crippen LogP contribution in [0, 0.1) is 0 Å². The summed E-state index contributed by atoms with van der Waals surface area (Å²) < 4.78 is 11.0. The Kier molecular flexibility index (Phi) is 6.95. The molecule has 2 aromatic rings. The highest BCUT2D eigenvalue weighted by Gasteiger charge is 2.27. The Balaban J connectivity index is 1.47. The lowest BCUT2D eigenvalue weighted by atomic mass is 9.90. The zero-order valence-electron chi connectivity index (χ0n) is 18.1. The van der Waals surface area contributed by atoms with Gasteiger partial charge in [0.05, 0.1) is 5.92 Å². The van der Waals surface area contributed by atoms with E-state index in [1.165, 1.54) is 0 Å². The van der Waals surface area contributed by atoms with E-state index in [1.807, 2.05) is 69.3 Å². The number of piperidine rings is 1. The number of carbonyl (C=O) groups is 3. The standard InChI is InChI=1S/C24H28N2O5/c1-24(2,3)31-23(29)25-14-16-4-6-17(7-5-16)15-30-19-10-8-18(9-11-19)20-12-13-21(27)26-22(20)28/h4-11,20H,12-15H2,1-3H3,(H,25,29)(H,26,27,28). The van der Waals surface area contributed by atoms with Crippen LogP contribution in [0.4, 0.5) is 4.79 Å². The van der Waals surface area contributed by atoms with Gasteiger partial charge in [0.25, 0.3) is 0 Å². The number of carbonyl (C=O) groups excluding carboxylic acids is 3. The van der Waals surface area contributed by atoms with Gasteiger partial charge in [-0.3, -0.25) is 14.9 Å². The van der Waals surface area contributed by atoms with Crippen molar-refractivity contribution in [1.29, 1.82) is 0 Å². The van der Waals surface area contributed by atoms with Gasteiger partial charge in [0.1, 0.15) is 18.0 Å². The smallest absolute Gasteiger partial charge is 0.407 e. The van der Waals surface area contributed by atoms with Gasteiger partial charge in [-0.2, -0.15) is 0 Å². The van der Waals surface area contributed by atoms with Gasteiger partial charge in [0.2, 0.25) is 11.8 Å². The van der Waals surface area contributed by atoms with Gasteiger partial charge in [0.15, 0.2) is 0 Å². The van der Waals surface area contributed by atoms with Gasteiger partial charge >= 0.3 is 6.09 Å². The molecule has 3 amide bonds. The Morgan fingerprint density at radius 1 is 1.03 bits per heavy atom. The van der Waals surface area contributed by atoms with Gasteiger partial charge < -0.3 is 14.8 Å². The lowest BCUT2D eigenvalue weighted by Gasteiger charge is -2.21. The number of alkyl carbamates (subject to hydrolysis) is 1. The first-order valence-corrected chi connectivity index (χ1v) is 10.3. The summed E-state index contributed by atoms with van der Waals surface area (Å²) in [7, 11) is 0. The molecular weight excluding hydrogens is 396 g/mol. The molecule has 2 N–H and O–H groups in total. The monoisotopic (exact) mass is 424 g/mol. The maximum Gasteiger partial charge on any atom is 0.407 e. The molecule has 0 spiro atoms. The number of hydrogen-bond acceptors (Lipinski definition) is 5. The van der Waals surface area contributed by atoms with Crippen LogP contribution in [0.5, 0.6) is 5.75 Å². The van der Waals surface area contributed by atoms with Crippen LogP contribution in [0.3, 0.4) is 0 Å². The summed E-state index contributed by atoms with van der Waals surface area (Å²) in [4.78, 5) is 35.0. The van der Waals surface area contributed by atoms with Crippen LogP contribution >= 0.6 is 0 Å². The Labute approximate surface area is 182 Å². The average molecular weight is 424 g/mol. The van der Waals surface area contributed by atoms with Crippen molar-refractivity contribution in [1.82, 2.24) is 10.6 Å². The zero-order valence-corrected chi connectivity index (χ0v) is 18.1. The SMILES string of the molecule is CC(C)(C)OC(=O)NCc1ccc(COc2ccc(C3CCC(=O)NC3=O)cc2)cc1. The van der Waals surface area contributed by atoms with Gasteiger partial charge in [-0.1, -0.05) is 36.4 Å². The maximum absolute atomic E-state index is 12.0. The summed E-state index contributed by atoms with van der Waals surface area (Å²) in [5.74, 6) is -0.0562. The topological polar surface area (TPSA) is 93.7 Å². The number of hydrogen-bond donors (Lipinski definition) is 2. The summed E-state index contributed by atoms with van der Waals surface area (Å²) >= 11 is 0. The Morgan fingerprint density at radius 3 is 2.29 bits per heavy atom. The lowest BCUT2D eigenvalue weighted by molar-refractivity contribution is -0.134. The molecule has 3 rings (SSSR count). The Hall–Kier alpha value is -3.35. The maximum atomic E-state index is 12.0. The summed E-state index contributed by atoms with van der Waals surface area (Å²) in [6, 6.07) is 15.1. The molecule has 1 saturated heterocycles. The van der Waals surface area contributed by atoms with Crippen molar-refractivity contribution in [3.63, 3.8) is 0 Å². The number of nitrogens with one attached hydrogen (secondary N) is 2. The van der Waals surface area contributed by atoms with Crippen molar-refractivity contribution in [2.75, 3.05) is 0 Å². The minimum Gasteiger partial charge on any atom is -0.489 e. The molecule has 1 aliphatic rings. The van der Waals surface area contributed by atoms with Gasteiger partial charge in [-0.05, 0) is 56.0 Å². The van der Waals surface area contributed by atoms with Crippen LogP contribution in [0.15, 0.2) is 48.5 Å². The first kappa shape index (κ1) is 22.3. The molecule has 1 heterocycles. The summed E-state index contributed by atoms with van der Waals surface area (Å²) in [6.07, 6.45) is 0.443. The van der Waals surface area contributed by atoms with Crippen molar-refractivity contribution in [3.05, 3.63) is 65.2 Å². The third-order valence-corrected chi connectivity index (χ3v) is 4.79. The number of amides is 3. The quantitative estimate of drug-likeness (QED) is 0.688. The average Bonchev–Trinajstić information content (AvgIpc) is 2.71. The summed E-state index contributed by atoms with van der Waals surface area (Å²) in [6.45, 7) is 6.26. The van der Waals surface area contributed by atoms with E-state index in [4.69, 9.17) is 9.47 Å². The second kappa shape index (κ2) is 9.64. The molecular formula is C24H28N2O5. The van der Waals surface area contributed by atoms with Crippen molar-refractivity contribution >= 4 is 17.9 Å². The van der Waals surface area contributed by atoms with E-state index in [9.17, 15) is 14.4 Å². The fourth-order valence-corrected chi connectivity index (χ4v) is 3.22. The first-order chi connectivity index (χ1) is 14.7. The normalized spacial score (nSPS) is 16.4.